The zero-order valence-corrected chi connectivity index (χ0v) is 18.8. The highest BCUT2D eigenvalue weighted by Gasteiger charge is 2.14. The van der Waals surface area contributed by atoms with Crippen LogP contribution in [0, 0.1) is 12.8 Å². The highest BCUT2D eigenvalue weighted by Crippen LogP contribution is 2.27. The standard InChI is InChI=1S/C26H33N3O3/c1-19-7-10-22(11-8-19)26(32)29-23-14-12-21(13-15-23)25(31)28-18-17-27-24(30)16-9-20-5-3-2-4-6-20/h7-8,10-15,20H,2-6,9,16-18H2,1H3,(H,27,30)(H,28,31)(H,29,32). The summed E-state index contributed by atoms with van der Waals surface area (Å²) >= 11 is 0. The van der Waals surface area contributed by atoms with E-state index in [0.29, 0.717) is 42.2 Å². The molecule has 170 valence electrons. The summed E-state index contributed by atoms with van der Waals surface area (Å²) in [5, 5.41) is 8.51. The zero-order valence-electron chi connectivity index (χ0n) is 18.8. The smallest absolute Gasteiger partial charge is 0.255 e. The van der Waals surface area contributed by atoms with E-state index in [1.165, 1.54) is 32.1 Å². The molecule has 0 atom stereocenters. The third-order valence-electron chi connectivity index (χ3n) is 5.96. The third-order valence-corrected chi connectivity index (χ3v) is 5.96. The van der Waals surface area contributed by atoms with E-state index in [4.69, 9.17) is 0 Å². The maximum absolute atomic E-state index is 12.3. The second-order valence-corrected chi connectivity index (χ2v) is 8.55. The van der Waals surface area contributed by atoms with Crippen LogP contribution >= 0.6 is 0 Å². The molecule has 0 bridgehead atoms. The number of hydrogen-bond donors (Lipinski definition) is 3. The van der Waals surface area contributed by atoms with Crippen LogP contribution in [0.1, 0.15) is 71.2 Å². The molecule has 1 aliphatic rings. The number of benzene rings is 2. The van der Waals surface area contributed by atoms with Crippen molar-refractivity contribution in [3.8, 4) is 0 Å². The van der Waals surface area contributed by atoms with Gasteiger partial charge in [0.1, 0.15) is 0 Å². The summed E-state index contributed by atoms with van der Waals surface area (Å²) in [5.41, 5.74) is 2.80. The van der Waals surface area contributed by atoms with Gasteiger partial charge in [0.2, 0.25) is 5.91 Å². The number of carbonyl (C=O) groups is 3. The minimum atomic E-state index is -0.210. The van der Waals surface area contributed by atoms with Gasteiger partial charge in [-0.2, -0.15) is 0 Å². The number of nitrogens with one attached hydrogen (secondary N) is 3. The number of anilines is 1. The van der Waals surface area contributed by atoms with Crippen LogP contribution in [-0.4, -0.2) is 30.8 Å². The number of carbonyl (C=O) groups excluding carboxylic acids is 3. The first kappa shape index (κ1) is 23.5. The number of hydrogen-bond acceptors (Lipinski definition) is 3. The molecule has 0 aromatic heterocycles. The molecule has 3 rings (SSSR count). The molecule has 0 radical (unpaired) electrons. The van der Waals surface area contributed by atoms with Gasteiger partial charge in [0, 0.05) is 36.3 Å². The average molecular weight is 436 g/mol. The quantitative estimate of drug-likeness (QED) is 0.509. The molecule has 0 aliphatic heterocycles. The Labute approximate surface area is 190 Å². The molecule has 1 aliphatic carbocycles. The normalized spacial score (nSPS) is 13.9. The fraction of sp³-hybridized carbons (Fsp3) is 0.423. The van der Waals surface area contributed by atoms with E-state index < -0.39 is 0 Å². The Hall–Kier alpha value is -3.15. The van der Waals surface area contributed by atoms with E-state index >= 15 is 0 Å². The first-order valence-corrected chi connectivity index (χ1v) is 11.5. The molecule has 3 N–H and O–H groups in total. The Morgan fingerprint density at radius 2 is 1.38 bits per heavy atom. The van der Waals surface area contributed by atoms with E-state index in [1.54, 1.807) is 36.4 Å². The molecular formula is C26H33N3O3. The van der Waals surface area contributed by atoms with Crippen molar-refractivity contribution in [1.29, 1.82) is 0 Å². The summed E-state index contributed by atoms with van der Waals surface area (Å²) in [4.78, 5) is 36.6. The summed E-state index contributed by atoms with van der Waals surface area (Å²) < 4.78 is 0. The molecule has 6 heteroatoms. The van der Waals surface area contributed by atoms with Crippen molar-refractivity contribution in [3.05, 3.63) is 65.2 Å². The summed E-state index contributed by atoms with van der Waals surface area (Å²) in [5.74, 6) is 0.344. The molecule has 0 saturated heterocycles. The summed E-state index contributed by atoms with van der Waals surface area (Å²) in [6, 6.07) is 14.1. The van der Waals surface area contributed by atoms with Crippen LogP contribution in [0.4, 0.5) is 5.69 Å². The molecule has 0 unspecified atom stereocenters. The summed E-state index contributed by atoms with van der Waals surface area (Å²) in [6.45, 7) is 2.76. The second kappa shape index (κ2) is 12.0. The lowest BCUT2D eigenvalue weighted by Crippen LogP contribution is -2.34. The van der Waals surface area contributed by atoms with Gasteiger partial charge in [0.25, 0.3) is 11.8 Å². The topological polar surface area (TPSA) is 87.3 Å². The summed E-state index contributed by atoms with van der Waals surface area (Å²) in [6.07, 6.45) is 7.93. The molecular weight excluding hydrogens is 402 g/mol. The minimum absolute atomic E-state index is 0.0542. The van der Waals surface area contributed by atoms with Gasteiger partial charge in [-0.1, -0.05) is 49.8 Å². The lowest BCUT2D eigenvalue weighted by molar-refractivity contribution is -0.121. The molecule has 1 fully saturated rings. The van der Waals surface area contributed by atoms with Crippen molar-refractivity contribution < 1.29 is 14.4 Å². The largest absolute Gasteiger partial charge is 0.354 e. The fourth-order valence-electron chi connectivity index (χ4n) is 3.99. The Morgan fingerprint density at radius 3 is 2.06 bits per heavy atom. The molecule has 32 heavy (non-hydrogen) atoms. The van der Waals surface area contributed by atoms with Gasteiger partial charge in [-0.3, -0.25) is 14.4 Å². The van der Waals surface area contributed by atoms with Gasteiger partial charge in [0.15, 0.2) is 0 Å². The van der Waals surface area contributed by atoms with Crippen molar-refractivity contribution in [2.45, 2.75) is 51.9 Å². The Kier molecular flexibility index (Phi) is 8.84. The Balaban J connectivity index is 1.34. The van der Waals surface area contributed by atoms with Gasteiger partial charge in [-0.25, -0.2) is 0 Å². The molecule has 0 spiro atoms. The summed E-state index contributed by atoms with van der Waals surface area (Å²) in [7, 11) is 0. The number of amides is 3. The highest BCUT2D eigenvalue weighted by molar-refractivity contribution is 6.04. The van der Waals surface area contributed by atoms with Crippen LogP contribution in [0.2, 0.25) is 0 Å². The van der Waals surface area contributed by atoms with Crippen LogP contribution in [0.25, 0.3) is 0 Å². The number of aryl methyl sites for hydroxylation is 1. The van der Waals surface area contributed by atoms with E-state index in [-0.39, 0.29) is 17.7 Å². The van der Waals surface area contributed by atoms with Crippen LogP contribution < -0.4 is 16.0 Å². The molecule has 3 amide bonds. The predicted octanol–water partition coefficient (Wildman–Crippen LogP) is 4.45. The third kappa shape index (κ3) is 7.52. The zero-order chi connectivity index (χ0) is 22.8. The van der Waals surface area contributed by atoms with Crippen molar-refractivity contribution >= 4 is 23.4 Å². The van der Waals surface area contributed by atoms with E-state index in [9.17, 15) is 14.4 Å². The van der Waals surface area contributed by atoms with Crippen LogP contribution in [0.3, 0.4) is 0 Å². The van der Waals surface area contributed by atoms with Gasteiger partial charge in [-0.05, 0) is 55.7 Å². The van der Waals surface area contributed by atoms with Crippen molar-refractivity contribution in [2.75, 3.05) is 18.4 Å². The van der Waals surface area contributed by atoms with Crippen LogP contribution in [0.15, 0.2) is 48.5 Å². The average Bonchev–Trinajstić information content (AvgIpc) is 2.82. The Bertz CT molecular complexity index is 901. The van der Waals surface area contributed by atoms with Gasteiger partial charge < -0.3 is 16.0 Å². The molecule has 0 heterocycles. The molecule has 1 saturated carbocycles. The van der Waals surface area contributed by atoms with Crippen molar-refractivity contribution in [1.82, 2.24) is 10.6 Å². The van der Waals surface area contributed by atoms with Crippen molar-refractivity contribution in [3.63, 3.8) is 0 Å². The predicted molar refractivity (Wildman–Crippen MR) is 127 cm³/mol. The second-order valence-electron chi connectivity index (χ2n) is 8.55. The highest BCUT2D eigenvalue weighted by atomic mass is 16.2. The number of rotatable bonds is 9. The SMILES string of the molecule is Cc1ccc(C(=O)Nc2ccc(C(=O)NCCNC(=O)CCC3CCCCC3)cc2)cc1. The maximum atomic E-state index is 12.3. The molecule has 2 aromatic rings. The first-order chi connectivity index (χ1) is 15.5. The lowest BCUT2D eigenvalue weighted by Gasteiger charge is -2.20. The van der Waals surface area contributed by atoms with Crippen molar-refractivity contribution in [2.24, 2.45) is 5.92 Å². The Morgan fingerprint density at radius 1 is 0.781 bits per heavy atom. The van der Waals surface area contributed by atoms with E-state index in [0.717, 1.165) is 12.0 Å². The van der Waals surface area contributed by atoms with Gasteiger partial charge in [0.05, 0.1) is 0 Å². The first-order valence-electron chi connectivity index (χ1n) is 11.5. The van der Waals surface area contributed by atoms with Gasteiger partial charge >= 0.3 is 0 Å². The fourth-order valence-corrected chi connectivity index (χ4v) is 3.99. The maximum Gasteiger partial charge on any atom is 0.255 e. The lowest BCUT2D eigenvalue weighted by atomic mass is 9.86. The molecule has 2 aromatic carbocycles. The van der Waals surface area contributed by atoms with Gasteiger partial charge in [-0.15, -0.1) is 0 Å². The minimum Gasteiger partial charge on any atom is -0.354 e. The van der Waals surface area contributed by atoms with Crippen LogP contribution in [0.5, 0.6) is 0 Å². The molecule has 6 nitrogen and oxygen atoms in total. The van der Waals surface area contributed by atoms with Crippen LogP contribution in [-0.2, 0) is 4.79 Å². The van der Waals surface area contributed by atoms with E-state index in [1.807, 2.05) is 19.1 Å². The monoisotopic (exact) mass is 435 g/mol. The van der Waals surface area contributed by atoms with E-state index in [2.05, 4.69) is 16.0 Å².